The fourth-order valence-electron chi connectivity index (χ4n) is 3.27. The van der Waals surface area contributed by atoms with Crippen LogP contribution in [0.15, 0.2) is 75.9 Å². The van der Waals surface area contributed by atoms with E-state index in [-0.39, 0.29) is 19.0 Å². The summed E-state index contributed by atoms with van der Waals surface area (Å²) in [4.78, 5) is 24.2. The summed E-state index contributed by atoms with van der Waals surface area (Å²) in [7, 11) is 0. The number of hydrogen-bond acceptors (Lipinski definition) is 4. The number of fused-ring (bicyclic) bond motifs is 2. The normalized spacial score (nSPS) is 11.0. The van der Waals surface area contributed by atoms with Crippen molar-refractivity contribution < 1.29 is 13.9 Å². The lowest BCUT2D eigenvalue weighted by molar-refractivity contribution is -0.144. The average molecular weight is 358 g/mol. The van der Waals surface area contributed by atoms with E-state index in [1.165, 1.54) is 6.07 Å². The number of carbonyl (C=O) groups is 1. The van der Waals surface area contributed by atoms with Crippen LogP contribution in [0.1, 0.15) is 16.7 Å². The third kappa shape index (κ3) is 3.60. The Labute approximate surface area is 156 Å². The number of carbonyl (C=O) groups excluding carboxylic acids is 1. The molecule has 4 rings (SSSR count). The highest BCUT2D eigenvalue weighted by Gasteiger charge is 2.11. The molecule has 4 heteroatoms. The van der Waals surface area contributed by atoms with Gasteiger partial charge in [-0.15, -0.1) is 0 Å². The van der Waals surface area contributed by atoms with Gasteiger partial charge in [-0.3, -0.25) is 4.79 Å². The number of ether oxygens (including phenoxy) is 1. The van der Waals surface area contributed by atoms with Crippen molar-refractivity contribution in [2.45, 2.75) is 20.0 Å². The molecule has 0 aliphatic carbocycles. The Morgan fingerprint density at radius 1 is 0.926 bits per heavy atom. The molecule has 0 spiro atoms. The van der Waals surface area contributed by atoms with E-state index >= 15 is 0 Å². The molecule has 1 aromatic heterocycles. The fourth-order valence-corrected chi connectivity index (χ4v) is 3.27. The Morgan fingerprint density at radius 2 is 1.74 bits per heavy atom. The van der Waals surface area contributed by atoms with Crippen molar-refractivity contribution in [2.75, 3.05) is 0 Å². The summed E-state index contributed by atoms with van der Waals surface area (Å²) in [5.74, 6) is -0.333. The van der Waals surface area contributed by atoms with Crippen molar-refractivity contribution in [3.8, 4) is 0 Å². The Bertz CT molecular complexity index is 1200. The quantitative estimate of drug-likeness (QED) is 0.397. The Hall–Kier alpha value is -3.40. The van der Waals surface area contributed by atoms with Crippen LogP contribution in [0.25, 0.3) is 21.7 Å². The van der Waals surface area contributed by atoms with Crippen LogP contribution in [-0.2, 0) is 22.6 Å². The summed E-state index contributed by atoms with van der Waals surface area (Å²) in [5, 5.41) is 2.90. The van der Waals surface area contributed by atoms with Gasteiger partial charge in [0.25, 0.3) is 0 Å². The van der Waals surface area contributed by atoms with Gasteiger partial charge in [-0.05, 0) is 34.9 Å². The predicted molar refractivity (Wildman–Crippen MR) is 105 cm³/mol. The number of benzene rings is 3. The van der Waals surface area contributed by atoms with E-state index in [9.17, 15) is 9.59 Å². The van der Waals surface area contributed by atoms with Gasteiger partial charge in [-0.2, -0.15) is 0 Å². The minimum Gasteiger partial charge on any atom is -0.461 e. The highest BCUT2D eigenvalue weighted by Crippen LogP contribution is 2.21. The molecule has 0 aliphatic rings. The molecule has 0 saturated heterocycles. The maximum Gasteiger partial charge on any atom is 0.336 e. The summed E-state index contributed by atoms with van der Waals surface area (Å²) in [6.07, 6.45) is 0.180. The average Bonchev–Trinajstić information content (AvgIpc) is 2.66. The summed E-state index contributed by atoms with van der Waals surface area (Å²) in [6.45, 7) is 1.96. The lowest BCUT2D eigenvalue weighted by Gasteiger charge is -2.09. The minimum absolute atomic E-state index is 0.0365. The van der Waals surface area contributed by atoms with E-state index in [2.05, 4.69) is 0 Å². The first-order valence-corrected chi connectivity index (χ1v) is 8.76. The van der Waals surface area contributed by atoms with E-state index in [1.54, 1.807) is 6.07 Å². The first kappa shape index (κ1) is 17.0. The molecule has 0 radical (unpaired) electrons. The molecule has 0 unspecified atom stereocenters. The molecule has 0 atom stereocenters. The highest BCUT2D eigenvalue weighted by molar-refractivity contribution is 5.89. The van der Waals surface area contributed by atoms with Crippen LogP contribution < -0.4 is 5.63 Å². The van der Waals surface area contributed by atoms with Crippen LogP contribution in [0, 0.1) is 6.92 Å². The monoisotopic (exact) mass is 358 g/mol. The molecule has 0 fully saturated rings. The van der Waals surface area contributed by atoms with Gasteiger partial charge in [0.15, 0.2) is 0 Å². The molecule has 1 heterocycles. The molecular weight excluding hydrogens is 340 g/mol. The van der Waals surface area contributed by atoms with Gasteiger partial charge in [0, 0.05) is 17.0 Å². The van der Waals surface area contributed by atoms with Crippen LogP contribution in [0.5, 0.6) is 0 Å². The van der Waals surface area contributed by atoms with Gasteiger partial charge in [0.2, 0.25) is 0 Å². The standard InChI is InChI=1S/C23H18O4/c1-15-9-10-20-18(13-23(25)27-21(20)11-15)14-26-22(24)12-17-7-4-6-16-5-2-3-8-19(16)17/h2-11,13H,12,14H2,1H3. The highest BCUT2D eigenvalue weighted by atomic mass is 16.5. The van der Waals surface area contributed by atoms with Crippen LogP contribution in [0.4, 0.5) is 0 Å². The van der Waals surface area contributed by atoms with Crippen molar-refractivity contribution in [1.29, 1.82) is 0 Å². The van der Waals surface area contributed by atoms with Crippen LogP contribution in [0.3, 0.4) is 0 Å². The Kier molecular flexibility index (Phi) is 4.47. The maximum absolute atomic E-state index is 12.4. The second-order valence-corrected chi connectivity index (χ2v) is 6.57. The van der Waals surface area contributed by atoms with Gasteiger partial charge in [-0.1, -0.05) is 54.6 Å². The summed E-state index contributed by atoms with van der Waals surface area (Å²) in [6, 6.07) is 20.8. The largest absolute Gasteiger partial charge is 0.461 e. The molecule has 0 aliphatic heterocycles. The fraction of sp³-hybridized carbons (Fsp3) is 0.130. The smallest absolute Gasteiger partial charge is 0.336 e. The third-order valence-corrected chi connectivity index (χ3v) is 4.59. The van der Waals surface area contributed by atoms with Crippen LogP contribution >= 0.6 is 0 Å². The molecule has 4 aromatic rings. The lowest BCUT2D eigenvalue weighted by Crippen LogP contribution is -2.10. The number of aryl methyl sites for hydroxylation is 1. The maximum atomic E-state index is 12.4. The molecule has 3 aromatic carbocycles. The molecule has 4 nitrogen and oxygen atoms in total. The minimum atomic E-state index is -0.451. The molecule has 0 amide bonds. The van der Waals surface area contributed by atoms with Gasteiger partial charge < -0.3 is 9.15 Å². The molecule has 134 valence electrons. The van der Waals surface area contributed by atoms with Gasteiger partial charge >= 0.3 is 11.6 Å². The van der Waals surface area contributed by atoms with E-state index in [1.807, 2.05) is 61.5 Å². The number of esters is 1. The zero-order valence-corrected chi connectivity index (χ0v) is 14.9. The van der Waals surface area contributed by atoms with Crippen LogP contribution in [0.2, 0.25) is 0 Å². The topological polar surface area (TPSA) is 56.5 Å². The van der Waals surface area contributed by atoms with Crippen molar-refractivity contribution in [2.24, 2.45) is 0 Å². The van der Waals surface area contributed by atoms with Crippen molar-refractivity contribution >= 4 is 27.7 Å². The molecule has 0 N–H and O–H groups in total. The Balaban J connectivity index is 1.54. The second-order valence-electron chi connectivity index (χ2n) is 6.57. The molecule has 0 bridgehead atoms. The van der Waals surface area contributed by atoms with Gasteiger partial charge in [0.05, 0.1) is 6.42 Å². The predicted octanol–water partition coefficient (Wildman–Crippen LogP) is 4.54. The molecule has 27 heavy (non-hydrogen) atoms. The van der Waals surface area contributed by atoms with E-state index < -0.39 is 5.63 Å². The van der Waals surface area contributed by atoms with Crippen molar-refractivity contribution in [1.82, 2.24) is 0 Å². The van der Waals surface area contributed by atoms with Crippen LogP contribution in [-0.4, -0.2) is 5.97 Å². The summed E-state index contributed by atoms with van der Waals surface area (Å²) >= 11 is 0. The first-order chi connectivity index (χ1) is 13.1. The van der Waals surface area contributed by atoms with Crippen molar-refractivity contribution in [3.05, 3.63) is 93.8 Å². The van der Waals surface area contributed by atoms with E-state index in [4.69, 9.17) is 9.15 Å². The van der Waals surface area contributed by atoms with Gasteiger partial charge in [0.1, 0.15) is 12.2 Å². The molecule has 0 saturated carbocycles. The molecular formula is C23H18O4. The Morgan fingerprint density at radius 3 is 2.63 bits per heavy atom. The zero-order chi connectivity index (χ0) is 18.8. The van der Waals surface area contributed by atoms with Gasteiger partial charge in [-0.25, -0.2) is 4.79 Å². The van der Waals surface area contributed by atoms with E-state index in [0.29, 0.717) is 11.1 Å². The summed E-state index contributed by atoms with van der Waals surface area (Å²) < 4.78 is 10.7. The lowest BCUT2D eigenvalue weighted by atomic mass is 10.0. The summed E-state index contributed by atoms with van der Waals surface area (Å²) in [5.41, 5.74) is 2.62. The zero-order valence-electron chi connectivity index (χ0n) is 14.9. The number of rotatable bonds is 4. The number of hydrogen-bond donors (Lipinski definition) is 0. The second kappa shape index (κ2) is 7.08. The van der Waals surface area contributed by atoms with Crippen molar-refractivity contribution in [3.63, 3.8) is 0 Å². The SMILES string of the molecule is Cc1ccc2c(COC(=O)Cc3cccc4ccccc34)cc(=O)oc2c1. The third-order valence-electron chi connectivity index (χ3n) is 4.59. The first-order valence-electron chi connectivity index (χ1n) is 8.76. The van der Waals surface area contributed by atoms with E-state index in [0.717, 1.165) is 27.3 Å².